The second kappa shape index (κ2) is 7.63. The molecule has 112 valence electrons. The minimum absolute atomic E-state index is 0.676. The number of aromatic nitrogens is 1. The number of aryl methyl sites for hydroxylation is 1. The van der Waals surface area contributed by atoms with Crippen LogP contribution in [0.2, 0.25) is 0 Å². The summed E-state index contributed by atoms with van der Waals surface area (Å²) in [7, 11) is 4.22. The van der Waals surface area contributed by atoms with E-state index in [1.807, 2.05) is 7.05 Å². The molecule has 20 heavy (non-hydrogen) atoms. The number of rotatable bonds is 6. The van der Waals surface area contributed by atoms with E-state index < -0.39 is 0 Å². The maximum atomic E-state index is 4.88. The molecule has 1 aromatic heterocycles. The molecule has 2 rings (SSSR count). The molecule has 0 saturated heterocycles. The lowest BCUT2D eigenvalue weighted by Gasteiger charge is -2.32. The zero-order valence-electron chi connectivity index (χ0n) is 13.3. The van der Waals surface area contributed by atoms with Gasteiger partial charge in [-0.3, -0.25) is 0 Å². The van der Waals surface area contributed by atoms with Crippen LogP contribution in [0, 0.1) is 0 Å². The van der Waals surface area contributed by atoms with Crippen LogP contribution in [0.1, 0.15) is 56.7 Å². The highest BCUT2D eigenvalue weighted by molar-refractivity contribution is 5.43. The van der Waals surface area contributed by atoms with Crippen molar-refractivity contribution in [2.24, 2.45) is 0 Å². The molecular formula is C17H29N3. The summed E-state index contributed by atoms with van der Waals surface area (Å²) in [6.45, 7) is 3.14. The standard InChI is InChI=1S/C17H29N3/c1-4-8-15-11-14(13-18-2)12-17(19-15)20(3)16-9-6-5-7-10-16/h11-12,16,18H,4-10,13H2,1-3H3. The fourth-order valence-electron chi connectivity index (χ4n) is 3.16. The molecule has 3 nitrogen and oxygen atoms in total. The lowest BCUT2D eigenvalue weighted by Crippen LogP contribution is -2.34. The molecule has 1 saturated carbocycles. The summed E-state index contributed by atoms with van der Waals surface area (Å²) in [5.74, 6) is 1.16. The fourth-order valence-corrected chi connectivity index (χ4v) is 3.16. The summed E-state index contributed by atoms with van der Waals surface area (Å²) in [6.07, 6.45) is 9.00. The Balaban J connectivity index is 2.19. The van der Waals surface area contributed by atoms with E-state index in [1.54, 1.807) is 0 Å². The van der Waals surface area contributed by atoms with Gasteiger partial charge in [0.2, 0.25) is 0 Å². The average molecular weight is 275 g/mol. The molecule has 0 aliphatic heterocycles. The van der Waals surface area contributed by atoms with Crippen molar-refractivity contribution in [3.8, 4) is 0 Å². The first-order valence-corrected chi connectivity index (χ1v) is 8.12. The maximum absolute atomic E-state index is 4.88. The minimum atomic E-state index is 0.676. The SMILES string of the molecule is CCCc1cc(CNC)cc(N(C)C2CCCCC2)n1. The largest absolute Gasteiger partial charge is 0.357 e. The van der Waals surface area contributed by atoms with E-state index >= 15 is 0 Å². The van der Waals surface area contributed by atoms with Crippen LogP contribution < -0.4 is 10.2 Å². The Morgan fingerprint density at radius 2 is 2.00 bits per heavy atom. The molecule has 0 amide bonds. The van der Waals surface area contributed by atoms with Crippen LogP contribution in [0.25, 0.3) is 0 Å². The van der Waals surface area contributed by atoms with Crippen molar-refractivity contribution < 1.29 is 0 Å². The Labute approximate surface area is 123 Å². The first-order chi connectivity index (χ1) is 9.74. The van der Waals surface area contributed by atoms with Crippen molar-refractivity contribution >= 4 is 5.82 Å². The summed E-state index contributed by atoms with van der Waals surface area (Å²) in [5, 5.41) is 3.25. The maximum Gasteiger partial charge on any atom is 0.129 e. The Morgan fingerprint density at radius 1 is 1.25 bits per heavy atom. The molecule has 0 spiro atoms. The van der Waals surface area contributed by atoms with Gasteiger partial charge < -0.3 is 10.2 Å². The van der Waals surface area contributed by atoms with E-state index in [4.69, 9.17) is 4.98 Å². The number of pyridine rings is 1. The number of nitrogens with one attached hydrogen (secondary N) is 1. The molecule has 0 bridgehead atoms. The van der Waals surface area contributed by atoms with E-state index in [9.17, 15) is 0 Å². The molecule has 1 N–H and O–H groups in total. The molecule has 1 aliphatic rings. The van der Waals surface area contributed by atoms with Crippen LogP contribution in [0.15, 0.2) is 12.1 Å². The zero-order chi connectivity index (χ0) is 14.4. The normalized spacial score (nSPS) is 16.4. The molecule has 0 atom stereocenters. The van der Waals surface area contributed by atoms with Gasteiger partial charge in [0, 0.05) is 25.3 Å². The summed E-state index contributed by atoms with van der Waals surface area (Å²) in [6, 6.07) is 5.18. The highest BCUT2D eigenvalue weighted by atomic mass is 15.2. The molecule has 0 unspecified atom stereocenters. The summed E-state index contributed by atoms with van der Waals surface area (Å²) in [4.78, 5) is 7.29. The van der Waals surface area contributed by atoms with Gasteiger partial charge in [0.1, 0.15) is 5.82 Å². The molecular weight excluding hydrogens is 246 g/mol. The summed E-state index contributed by atoms with van der Waals surface area (Å²) < 4.78 is 0. The molecule has 1 heterocycles. The Bertz CT molecular complexity index is 386. The topological polar surface area (TPSA) is 28.2 Å². The molecule has 0 radical (unpaired) electrons. The van der Waals surface area contributed by atoms with Crippen molar-refractivity contribution in [1.82, 2.24) is 10.3 Å². The van der Waals surface area contributed by atoms with Gasteiger partial charge in [-0.05, 0) is 44.0 Å². The predicted octanol–water partition coefficient (Wildman–Crippen LogP) is 3.52. The lowest BCUT2D eigenvalue weighted by molar-refractivity contribution is 0.425. The number of hydrogen-bond donors (Lipinski definition) is 1. The third-order valence-corrected chi connectivity index (χ3v) is 4.30. The number of anilines is 1. The van der Waals surface area contributed by atoms with Gasteiger partial charge in [0.25, 0.3) is 0 Å². The number of nitrogens with zero attached hydrogens (tertiary/aromatic N) is 2. The minimum Gasteiger partial charge on any atom is -0.357 e. The molecule has 1 aromatic rings. The number of hydrogen-bond acceptors (Lipinski definition) is 3. The van der Waals surface area contributed by atoms with Gasteiger partial charge in [-0.15, -0.1) is 0 Å². The van der Waals surface area contributed by atoms with E-state index in [1.165, 1.54) is 43.4 Å². The second-order valence-corrected chi connectivity index (χ2v) is 6.01. The van der Waals surface area contributed by atoms with Crippen LogP contribution in [0.3, 0.4) is 0 Å². The first-order valence-electron chi connectivity index (χ1n) is 8.12. The van der Waals surface area contributed by atoms with E-state index in [0.29, 0.717) is 6.04 Å². The van der Waals surface area contributed by atoms with Crippen molar-refractivity contribution in [1.29, 1.82) is 0 Å². The molecule has 1 fully saturated rings. The molecule has 0 aromatic carbocycles. The van der Waals surface area contributed by atoms with Crippen LogP contribution in [0.4, 0.5) is 5.82 Å². The fraction of sp³-hybridized carbons (Fsp3) is 0.706. The highest BCUT2D eigenvalue weighted by Gasteiger charge is 2.19. The van der Waals surface area contributed by atoms with Crippen LogP contribution in [-0.2, 0) is 13.0 Å². The van der Waals surface area contributed by atoms with Crippen molar-refractivity contribution in [2.45, 2.75) is 64.5 Å². The van der Waals surface area contributed by atoms with Crippen molar-refractivity contribution in [3.63, 3.8) is 0 Å². The summed E-state index contributed by atoms with van der Waals surface area (Å²) >= 11 is 0. The third-order valence-electron chi connectivity index (χ3n) is 4.30. The van der Waals surface area contributed by atoms with Gasteiger partial charge in [-0.2, -0.15) is 0 Å². The van der Waals surface area contributed by atoms with Crippen LogP contribution in [-0.4, -0.2) is 25.1 Å². The van der Waals surface area contributed by atoms with Crippen LogP contribution in [0.5, 0.6) is 0 Å². The lowest BCUT2D eigenvalue weighted by atomic mass is 9.94. The first kappa shape index (κ1) is 15.3. The highest BCUT2D eigenvalue weighted by Crippen LogP contribution is 2.26. The van der Waals surface area contributed by atoms with Crippen molar-refractivity contribution in [2.75, 3.05) is 19.0 Å². The quantitative estimate of drug-likeness (QED) is 0.861. The van der Waals surface area contributed by atoms with Gasteiger partial charge >= 0.3 is 0 Å². The monoisotopic (exact) mass is 275 g/mol. The third kappa shape index (κ3) is 3.95. The Morgan fingerprint density at radius 3 is 2.65 bits per heavy atom. The summed E-state index contributed by atoms with van der Waals surface area (Å²) in [5.41, 5.74) is 2.58. The van der Waals surface area contributed by atoms with E-state index in [0.717, 1.165) is 25.2 Å². The predicted molar refractivity (Wildman–Crippen MR) is 86.3 cm³/mol. The van der Waals surface area contributed by atoms with Gasteiger partial charge in [-0.25, -0.2) is 4.98 Å². The molecule has 1 aliphatic carbocycles. The van der Waals surface area contributed by atoms with Crippen molar-refractivity contribution in [3.05, 3.63) is 23.4 Å². The average Bonchev–Trinajstić information content (AvgIpc) is 2.48. The zero-order valence-corrected chi connectivity index (χ0v) is 13.3. The van der Waals surface area contributed by atoms with E-state index in [2.05, 4.69) is 36.3 Å². The van der Waals surface area contributed by atoms with E-state index in [-0.39, 0.29) is 0 Å². The van der Waals surface area contributed by atoms with Gasteiger partial charge in [-0.1, -0.05) is 32.6 Å². The Kier molecular flexibility index (Phi) is 5.84. The van der Waals surface area contributed by atoms with Crippen LogP contribution >= 0.6 is 0 Å². The molecule has 3 heteroatoms. The Hall–Kier alpha value is -1.09. The van der Waals surface area contributed by atoms with Gasteiger partial charge in [0.15, 0.2) is 0 Å². The van der Waals surface area contributed by atoms with Gasteiger partial charge in [0.05, 0.1) is 0 Å². The second-order valence-electron chi connectivity index (χ2n) is 6.01. The smallest absolute Gasteiger partial charge is 0.129 e.